The van der Waals surface area contributed by atoms with Gasteiger partial charge in [-0.15, -0.1) is 0 Å². The minimum Gasteiger partial charge on any atom is -0.422 e. The highest BCUT2D eigenvalue weighted by Crippen LogP contribution is 2.25. The van der Waals surface area contributed by atoms with Crippen molar-refractivity contribution in [3.05, 3.63) is 66.5 Å². The monoisotopic (exact) mass is 516 g/mol. The van der Waals surface area contributed by atoms with Gasteiger partial charge in [0.15, 0.2) is 5.96 Å². The Morgan fingerprint density at radius 2 is 1.47 bits per heavy atom. The molecule has 0 saturated carbocycles. The van der Waals surface area contributed by atoms with E-state index in [0.717, 1.165) is 10.8 Å². The van der Waals surface area contributed by atoms with Gasteiger partial charge in [0.2, 0.25) is 0 Å². The molecule has 0 aliphatic rings. The molecular weight excluding hydrogens is 492 g/mol. The van der Waals surface area contributed by atoms with Crippen molar-refractivity contribution >= 4 is 48.6 Å². The van der Waals surface area contributed by atoms with Crippen LogP contribution in [0.2, 0.25) is 0 Å². The summed E-state index contributed by atoms with van der Waals surface area (Å²) in [6.07, 6.45) is 4.81. The molecule has 2 aromatic carbocycles. The third-order valence-electron chi connectivity index (χ3n) is 3.20. The van der Waals surface area contributed by atoms with Gasteiger partial charge in [-0.1, -0.05) is 12.1 Å². The Balaban J connectivity index is 0.000000841. The maximum atomic E-state index is 12.3. The number of pyridine rings is 1. The molecule has 3 aromatic rings. The Hall–Kier alpha value is -3.63. The van der Waals surface area contributed by atoms with Crippen molar-refractivity contribution in [2.24, 2.45) is 16.5 Å². The number of rotatable bonds is 3. The van der Waals surface area contributed by atoms with E-state index in [-0.39, 0.29) is 11.4 Å². The van der Waals surface area contributed by atoms with Gasteiger partial charge in [-0.25, -0.2) is 9.79 Å². The summed E-state index contributed by atoms with van der Waals surface area (Å²) >= 11 is 0. The molecule has 0 spiro atoms. The molecule has 0 aliphatic heterocycles. The Kier molecular flexibility index (Phi) is 11.8. The molecular formula is C19H24N4O9S2. The third-order valence-corrected chi connectivity index (χ3v) is 3.20. The van der Waals surface area contributed by atoms with E-state index in [1.165, 1.54) is 0 Å². The number of nitrogens with two attached hydrogens (primary N) is 2. The SMILES string of the molecule is CS(=O)(=O)O.CS(=O)(=O)O.NC(N)=Nc1ccc(C(=O)Oc2cccc3cnccc23)cc1.O. The number of carbonyl (C=O) groups is 1. The molecule has 8 N–H and O–H groups in total. The second-order valence-electron chi connectivity index (χ2n) is 6.29. The van der Waals surface area contributed by atoms with Gasteiger partial charge in [-0.05, 0) is 36.4 Å². The predicted molar refractivity (Wildman–Crippen MR) is 127 cm³/mol. The molecule has 1 aromatic heterocycles. The van der Waals surface area contributed by atoms with E-state index in [0.29, 0.717) is 29.5 Å². The smallest absolute Gasteiger partial charge is 0.343 e. The normalized spacial score (nSPS) is 10.4. The number of esters is 1. The highest BCUT2D eigenvalue weighted by Gasteiger charge is 2.10. The summed E-state index contributed by atoms with van der Waals surface area (Å²) in [5.74, 6) is -0.00143. The van der Waals surface area contributed by atoms with Gasteiger partial charge in [0.05, 0.1) is 23.8 Å². The Morgan fingerprint density at radius 1 is 0.941 bits per heavy atom. The number of fused-ring (bicyclic) bond motifs is 1. The van der Waals surface area contributed by atoms with Crippen molar-refractivity contribution in [1.29, 1.82) is 0 Å². The van der Waals surface area contributed by atoms with Crippen molar-refractivity contribution in [2.75, 3.05) is 12.5 Å². The van der Waals surface area contributed by atoms with Crippen LogP contribution >= 0.6 is 0 Å². The quantitative estimate of drug-likeness (QED) is 0.123. The summed E-state index contributed by atoms with van der Waals surface area (Å²) in [5, 5.41) is 1.73. The van der Waals surface area contributed by atoms with Crippen LogP contribution in [0, 0.1) is 0 Å². The van der Waals surface area contributed by atoms with Crippen LogP contribution < -0.4 is 16.2 Å². The van der Waals surface area contributed by atoms with E-state index in [1.54, 1.807) is 48.8 Å². The van der Waals surface area contributed by atoms with E-state index in [9.17, 15) is 21.6 Å². The zero-order chi connectivity index (χ0) is 25.2. The molecule has 0 aliphatic carbocycles. The topological polar surface area (TPSA) is 244 Å². The fourth-order valence-corrected chi connectivity index (χ4v) is 2.16. The molecule has 0 bridgehead atoms. The predicted octanol–water partition coefficient (Wildman–Crippen LogP) is 0.542. The van der Waals surface area contributed by atoms with Gasteiger partial charge in [0.1, 0.15) is 5.75 Å². The number of aliphatic imine (C=N–C) groups is 1. The van der Waals surface area contributed by atoms with Gasteiger partial charge in [0.25, 0.3) is 20.2 Å². The zero-order valence-corrected chi connectivity index (χ0v) is 19.6. The van der Waals surface area contributed by atoms with Crippen LogP contribution in [-0.4, -0.2) is 60.8 Å². The molecule has 1 heterocycles. The largest absolute Gasteiger partial charge is 0.422 e. The van der Waals surface area contributed by atoms with Crippen LogP contribution in [0.25, 0.3) is 10.8 Å². The molecule has 0 unspecified atom stereocenters. The van der Waals surface area contributed by atoms with Crippen molar-refractivity contribution < 1.29 is 40.9 Å². The number of aromatic nitrogens is 1. The average Bonchev–Trinajstić information content (AvgIpc) is 2.66. The summed E-state index contributed by atoms with van der Waals surface area (Å²) in [6.45, 7) is 0. The van der Waals surface area contributed by atoms with Gasteiger partial charge in [-0.3, -0.25) is 14.1 Å². The minimum atomic E-state index is -3.67. The summed E-state index contributed by atoms with van der Waals surface area (Å²) in [5.41, 5.74) is 11.6. The Labute approximate surface area is 195 Å². The third kappa shape index (κ3) is 13.7. The Bertz CT molecular complexity index is 1290. The summed E-state index contributed by atoms with van der Waals surface area (Å²) in [7, 11) is -7.33. The first-order valence-electron chi connectivity index (χ1n) is 8.73. The summed E-state index contributed by atoms with van der Waals surface area (Å²) in [6, 6.07) is 13.8. The maximum absolute atomic E-state index is 12.3. The number of benzene rings is 2. The molecule has 186 valence electrons. The van der Waals surface area contributed by atoms with E-state index >= 15 is 0 Å². The molecule has 0 saturated heterocycles. The lowest BCUT2D eigenvalue weighted by atomic mass is 10.1. The van der Waals surface area contributed by atoms with E-state index in [2.05, 4.69) is 9.98 Å². The van der Waals surface area contributed by atoms with Crippen molar-refractivity contribution in [3.63, 3.8) is 0 Å². The lowest BCUT2D eigenvalue weighted by Gasteiger charge is -2.07. The fraction of sp³-hybridized carbons (Fsp3) is 0.105. The van der Waals surface area contributed by atoms with Crippen molar-refractivity contribution in [3.8, 4) is 5.75 Å². The number of hydrogen-bond acceptors (Lipinski definition) is 8. The summed E-state index contributed by atoms with van der Waals surface area (Å²) in [4.78, 5) is 20.2. The number of carbonyl (C=O) groups excluding carboxylic acids is 1. The van der Waals surface area contributed by atoms with Crippen LogP contribution in [0.3, 0.4) is 0 Å². The number of hydrogen-bond donors (Lipinski definition) is 4. The van der Waals surface area contributed by atoms with Crippen LogP contribution in [0.4, 0.5) is 5.69 Å². The first kappa shape index (κ1) is 30.4. The Morgan fingerprint density at radius 3 is 1.97 bits per heavy atom. The zero-order valence-electron chi connectivity index (χ0n) is 18.0. The second kappa shape index (κ2) is 13.2. The highest BCUT2D eigenvalue weighted by molar-refractivity contribution is 7.85. The molecule has 3 rings (SSSR count). The molecule has 34 heavy (non-hydrogen) atoms. The molecule has 0 radical (unpaired) electrons. The van der Waals surface area contributed by atoms with Gasteiger partial charge in [0, 0.05) is 23.2 Å². The van der Waals surface area contributed by atoms with Crippen LogP contribution in [0.1, 0.15) is 10.4 Å². The van der Waals surface area contributed by atoms with Crippen LogP contribution in [0.15, 0.2) is 65.9 Å². The lowest BCUT2D eigenvalue weighted by Crippen LogP contribution is -2.21. The molecule has 0 fully saturated rings. The lowest BCUT2D eigenvalue weighted by molar-refractivity contribution is 0.0737. The van der Waals surface area contributed by atoms with Gasteiger partial charge >= 0.3 is 5.97 Å². The van der Waals surface area contributed by atoms with Crippen LogP contribution in [-0.2, 0) is 20.2 Å². The average molecular weight is 517 g/mol. The van der Waals surface area contributed by atoms with E-state index in [1.807, 2.05) is 12.1 Å². The maximum Gasteiger partial charge on any atom is 0.343 e. The minimum absolute atomic E-state index is 0. The highest BCUT2D eigenvalue weighted by atomic mass is 32.2. The van der Waals surface area contributed by atoms with Crippen molar-refractivity contribution in [2.45, 2.75) is 0 Å². The van der Waals surface area contributed by atoms with E-state index < -0.39 is 26.2 Å². The standard InChI is InChI=1S/C17H14N4O2.2CH4O3S.H2O/c18-17(19)21-13-6-4-11(5-7-13)16(22)23-15-3-1-2-12-10-20-9-8-14(12)15;2*1-5(2,3)4;/h1-10H,(H4,18,19,21);2*1H3,(H,2,3,4);1H2. The number of ether oxygens (including phenoxy) is 1. The van der Waals surface area contributed by atoms with Crippen molar-refractivity contribution in [1.82, 2.24) is 4.98 Å². The van der Waals surface area contributed by atoms with Gasteiger partial charge < -0.3 is 21.7 Å². The molecule has 0 atom stereocenters. The number of guanidine groups is 1. The number of nitrogens with zero attached hydrogens (tertiary/aromatic N) is 2. The second-order valence-corrected chi connectivity index (χ2v) is 9.22. The summed E-state index contributed by atoms with van der Waals surface area (Å²) < 4.78 is 57.2. The first-order chi connectivity index (χ1) is 15.1. The molecule has 13 nitrogen and oxygen atoms in total. The molecule has 15 heteroatoms. The van der Waals surface area contributed by atoms with Gasteiger partial charge in [-0.2, -0.15) is 16.8 Å². The molecule has 0 amide bonds. The fourth-order valence-electron chi connectivity index (χ4n) is 2.16. The van der Waals surface area contributed by atoms with Crippen LogP contribution in [0.5, 0.6) is 5.75 Å². The van der Waals surface area contributed by atoms with E-state index in [4.69, 9.17) is 25.3 Å². The first-order valence-corrected chi connectivity index (χ1v) is 12.4.